The highest BCUT2D eigenvalue weighted by atomic mass is 16.5. The Labute approximate surface area is 86.7 Å². The number of carbonyl (C=O) groups is 1. The minimum atomic E-state index is -0.350. The molecule has 0 aromatic heterocycles. The van der Waals surface area contributed by atoms with Crippen molar-refractivity contribution in [1.82, 2.24) is 4.90 Å². The van der Waals surface area contributed by atoms with Gasteiger partial charge in [0, 0.05) is 24.7 Å². The normalized spacial score (nSPS) is 11.1. The summed E-state index contributed by atoms with van der Waals surface area (Å²) in [6, 6.07) is 0.940. The fourth-order valence-electron chi connectivity index (χ4n) is 1.42. The maximum absolute atomic E-state index is 10.8. The van der Waals surface area contributed by atoms with Crippen LogP contribution in [0.15, 0.2) is 12.7 Å². The molecule has 0 saturated carbocycles. The van der Waals surface area contributed by atoms with Gasteiger partial charge in [0.25, 0.3) is 0 Å². The van der Waals surface area contributed by atoms with Gasteiger partial charge in [0.05, 0.1) is 0 Å². The van der Waals surface area contributed by atoms with Crippen molar-refractivity contribution in [3.8, 4) is 0 Å². The van der Waals surface area contributed by atoms with Crippen LogP contribution < -0.4 is 0 Å². The molecule has 0 unspecified atom stereocenters. The minimum absolute atomic E-state index is 0.350. The van der Waals surface area contributed by atoms with E-state index >= 15 is 0 Å². The minimum Gasteiger partial charge on any atom is -0.461 e. The molecule has 3 heteroatoms. The number of esters is 1. The van der Waals surface area contributed by atoms with E-state index in [4.69, 9.17) is 4.74 Å². The summed E-state index contributed by atoms with van der Waals surface area (Å²) >= 11 is 0. The highest BCUT2D eigenvalue weighted by Gasteiger charge is 2.12. The fourth-order valence-corrected chi connectivity index (χ4v) is 1.42. The second-order valence-corrected chi connectivity index (χ2v) is 3.80. The molecule has 0 bridgehead atoms. The monoisotopic (exact) mass is 199 g/mol. The standard InChI is InChI=1S/C11H21NO2/c1-6-11(13)14-8-7-12(9(2)3)10(4)5/h6,9-10H,1,7-8H2,2-5H3. The molecule has 14 heavy (non-hydrogen) atoms. The maximum Gasteiger partial charge on any atom is 0.330 e. The van der Waals surface area contributed by atoms with Gasteiger partial charge in [-0.05, 0) is 27.7 Å². The first-order valence-electron chi connectivity index (χ1n) is 5.04. The van der Waals surface area contributed by atoms with Crippen LogP contribution in [0.4, 0.5) is 0 Å². The Morgan fingerprint density at radius 1 is 1.36 bits per heavy atom. The number of rotatable bonds is 6. The van der Waals surface area contributed by atoms with Gasteiger partial charge in [0.15, 0.2) is 0 Å². The molecule has 0 aromatic rings. The number of ether oxygens (including phenoxy) is 1. The van der Waals surface area contributed by atoms with Crippen molar-refractivity contribution in [2.75, 3.05) is 13.2 Å². The van der Waals surface area contributed by atoms with Crippen molar-refractivity contribution in [2.45, 2.75) is 39.8 Å². The molecule has 0 atom stereocenters. The Balaban J connectivity index is 3.83. The number of hydrogen-bond acceptors (Lipinski definition) is 3. The first-order chi connectivity index (χ1) is 6.49. The first kappa shape index (κ1) is 13.2. The SMILES string of the molecule is C=CC(=O)OCCN(C(C)C)C(C)C. The van der Waals surface area contributed by atoms with Crippen LogP contribution in [-0.4, -0.2) is 36.1 Å². The van der Waals surface area contributed by atoms with E-state index in [9.17, 15) is 4.79 Å². The average Bonchev–Trinajstić information content (AvgIpc) is 2.10. The number of carbonyl (C=O) groups excluding carboxylic acids is 1. The molecule has 0 aromatic carbocycles. The summed E-state index contributed by atoms with van der Waals surface area (Å²) in [4.78, 5) is 13.0. The predicted octanol–water partition coefficient (Wildman–Crippen LogP) is 1.83. The van der Waals surface area contributed by atoms with Gasteiger partial charge in [-0.25, -0.2) is 4.79 Å². The molecule has 0 aliphatic rings. The summed E-state index contributed by atoms with van der Waals surface area (Å²) < 4.78 is 4.92. The maximum atomic E-state index is 10.8. The summed E-state index contributed by atoms with van der Waals surface area (Å²) in [7, 11) is 0. The van der Waals surface area contributed by atoms with Crippen LogP contribution in [0.5, 0.6) is 0 Å². The Bertz CT molecular complexity index is 180. The lowest BCUT2D eigenvalue weighted by Gasteiger charge is -2.29. The lowest BCUT2D eigenvalue weighted by Crippen LogP contribution is -2.39. The van der Waals surface area contributed by atoms with Crippen molar-refractivity contribution in [3.63, 3.8) is 0 Å². The molecule has 0 radical (unpaired) electrons. The Morgan fingerprint density at radius 2 is 1.86 bits per heavy atom. The molecule has 3 nitrogen and oxygen atoms in total. The van der Waals surface area contributed by atoms with Crippen LogP contribution in [0, 0.1) is 0 Å². The third-order valence-electron chi connectivity index (χ3n) is 2.09. The smallest absolute Gasteiger partial charge is 0.330 e. The summed E-state index contributed by atoms with van der Waals surface area (Å²) in [6.45, 7) is 13.1. The van der Waals surface area contributed by atoms with Crippen molar-refractivity contribution in [2.24, 2.45) is 0 Å². The molecule has 0 aliphatic heterocycles. The zero-order chi connectivity index (χ0) is 11.1. The van der Waals surface area contributed by atoms with E-state index in [1.165, 1.54) is 6.08 Å². The van der Waals surface area contributed by atoms with E-state index in [2.05, 4.69) is 39.2 Å². The van der Waals surface area contributed by atoms with Crippen molar-refractivity contribution < 1.29 is 9.53 Å². The quantitative estimate of drug-likeness (QED) is 0.483. The van der Waals surface area contributed by atoms with Gasteiger partial charge < -0.3 is 4.74 Å². The molecule has 0 rings (SSSR count). The van der Waals surface area contributed by atoms with Crippen molar-refractivity contribution in [3.05, 3.63) is 12.7 Å². The summed E-state index contributed by atoms with van der Waals surface area (Å²) in [5.74, 6) is -0.350. The van der Waals surface area contributed by atoms with Crippen LogP contribution in [0.3, 0.4) is 0 Å². The van der Waals surface area contributed by atoms with Gasteiger partial charge in [0.2, 0.25) is 0 Å². The third-order valence-corrected chi connectivity index (χ3v) is 2.09. The van der Waals surface area contributed by atoms with Gasteiger partial charge in [-0.1, -0.05) is 6.58 Å². The summed E-state index contributed by atoms with van der Waals surface area (Å²) in [6.07, 6.45) is 1.19. The molecule has 0 N–H and O–H groups in total. The fraction of sp³-hybridized carbons (Fsp3) is 0.727. The summed E-state index contributed by atoms with van der Waals surface area (Å²) in [5, 5.41) is 0. The molecular weight excluding hydrogens is 178 g/mol. The lowest BCUT2D eigenvalue weighted by atomic mass is 10.2. The Hall–Kier alpha value is -0.830. The van der Waals surface area contributed by atoms with Gasteiger partial charge in [-0.2, -0.15) is 0 Å². The van der Waals surface area contributed by atoms with E-state index in [1.807, 2.05) is 0 Å². The molecule has 0 aliphatic carbocycles. The highest BCUT2D eigenvalue weighted by Crippen LogP contribution is 2.03. The van der Waals surface area contributed by atoms with Gasteiger partial charge in [-0.3, -0.25) is 4.90 Å². The zero-order valence-electron chi connectivity index (χ0n) is 9.62. The molecule has 0 amide bonds. The highest BCUT2D eigenvalue weighted by molar-refractivity contribution is 5.81. The second kappa shape index (κ2) is 6.60. The molecular formula is C11H21NO2. The van der Waals surface area contributed by atoms with Gasteiger partial charge >= 0.3 is 5.97 Å². The van der Waals surface area contributed by atoms with Crippen LogP contribution >= 0.6 is 0 Å². The molecule has 0 saturated heterocycles. The van der Waals surface area contributed by atoms with E-state index < -0.39 is 0 Å². The number of nitrogens with zero attached hydrogens (tertiary/aromatic N) is 1. The van der Waals surface area contributed by atoms with Crippen LogP contribution in [0.1, 0.15) is 27.7 Å². The molecule has 0 heterocycles. The molecule has 82 valence electrons. The van der Waals surface area contributed by atoms with E-state index in [0.717, 1.165) is 6.54 Å². The van der Waals surface area contributed by atoms with Crippen LogP contribution in [0.25, 0.3) is 0 Å². The van der Waals surface area contributed by atoms with E-state index in [0.29, 0.717) is 18.7 Å². The van der Waals surface area contributed by atoms with Crippen molar-refractivity contribution >= 4 is 5.97 Å². The largest absolute Gasteiger partial charge is 0.461 e. The molecule has 0 spiro atoms. The summed E-state index contributed by atoms with van der Waals surface area (Å²) in [5.41, 5.74) is 0. The number of hydrogen-bond donors (Lipinski definition) is 0. The first-order valence-corrected chi connectivity index (χ1v) is 5.04. The Morgan fingerprint density at radius 3 is 2.21 bits per heavy atom. The van der Waals surface area contributed by atoms with Gasteiger partial charge in [0.1, 0.15) is 6.61 Å². The van der Waals surface area contributed by atoms with Gasteiger partial charge in [-0.15, -0.1) is 0 Å². The Kier molecular flexibility index (Phi) is 6.21. The topological polar surface area (TPSA) is 29.5 Å². The van der Waals surface area contributed by atoms with Crippen LogP contribution in [0.2, 0.25) is 0 Å². The molecule has 0 fully saturated rings. The second-order valence-electron chi connectivity index (χ2n) is 3.80. The van der Waals surface area contributed by atoms with E-state index in [1.54, 1.807) is 0 Å². The third kappa shape index (κ3) is 5.02. The predicted molar refractivity (Wildman–Crippen MR) is 58.1 cm³/mol. The van der Waals surface area contributed by atoms with Crippen LogP contribution in [-0.2, 0) is 9.53 Å². The van der Waals surface area contributed by atoms with Crippen molar-refractivity contribution in [1.29, 1.82) is 0 Å². The zero-order valence-corrected chi connectivity index (χ0v) is 9.62. The lowest BCUT2D eigenvalue weighted by molar-refractivity contribution is -0.138. The average molecular weight is 199 g/mol. The van der Waals surface area contributed by atoms with E-state index in [-0.39, 0.29) is 5.97 Å².